The van der Waals surface area contributed by atoms with Crippen LogP contribution in [0.5, 0.6) is 0 Å². The van der Waals surface area contributed by atoms with Crippen LogP contribution in [0.4, 0.5) is 0 Å². The van der Waals surface area contributed by atoms with Gasteiger partial charge in [0.25, 0.3) is 0 Å². The van der Waals surface area contributed by atoms with Crippen LogP contribution in [0.3, 0.4) is 0 Å². The van der Waals surface area contributed by atoms with Gasteiger partial charge in [0.2, 0.25) is 0 Å². The van der Waals surface area contributed by atoms with Crippen LogP contribution in [0.15, 0.2) is 28.0 Å². The average molecular weight is 229 g/mol. The van der Waals surface area contributed by atoms with Gasteiger partial charge in [0, 0.05) is 9.79 Å². The quantitative estimate of drug-likeness (QED) is 0.776. The molecule has 0 radical (unpaired) electrons. The smallest absolute Gasteiger partial charge is 0.0624 e. The van der Waals surface area contributed by atoms with E-state index in [0.29, 0.717) is 0 Å². The Labute approximate surface area is 93.3 Å². The fraction of sp³-hybridized carbons (Fsp3) is 0.400. The molecule has 4 heteroatoms. The molecule has 78 valence electrons. The summed E-state index contributed by atoms with van der Waals surface area (Å²) in [7, 11) is 0. The predicted octanol–water partition coefficient (Wildman–Crippen LogP) is 2.12. The Kier molecular flexibility index (Phi) is 4.81. The van der Waals surface area contributed by atoms with Gasteiger partial charge in [-0.2, -0.15) is 0 Å². The van der Waals surface area contributed by atoms with Gasteiger partial charge in [0.05, 0.1) is 12.6 Å². The number of nitrogens with two attached hydrogens (primary N) is 1. The summed E-state index contributed by atoms with van der Waals surface area (Å²) in [6, 6.07) is 5.76. The van der Waals surface area contributed by atoms with Gasteiger partial charge in [-0.3, -0.25) is 0 Å². The topological polar surface area (TPSA) is 46.2 Å². The van der Waals surface area contributed by atoms with Crippen molar-refractivity contribution < 1.29 is 5.11 Å². The van der Waals surface area contributed by atoms with Crippen molar-refractivity contribution in [2.24, 2.45) is 5.73 Å². The van der Waals surface area contributed by atoms with Gasteiger partial charge in [-0.25, -0.2) is 0 Å². The highest BCUT2D eigenvalue weighted by atomic mass is 32.2. The fourth-order valence-corrected chi connectivity index (χ4v) is 3.04. The number of aliphatic hydroxyl groups excluding tert-OH is 1. The fourth-order valence-electron chi connectivity index (χ4n) is 1.30. The van der Waals surface area contributed by atoms with E-state index in [1.807, 2.05) is 24.6 Å². The molecular formula is C10H15NOS2. The summed E-state index contributed by atoms with van der Waals surface area (Å²) in [5.41, 5.74) is 6.86. The van der Waals surface area contributed by atoms with E-state index in [9.17, 15) is 0 Å². The Morgan fingerprint density at radius 1 is 1.36 bits per heavy atom. The molecule has 0 heterocycles. The number of hydrogen-bond donors (Lipinski definition) is 2. The van der Waals surface area contributed by atoms with Gasteiger partial charge in [-0.05, 0) is 24.1 Å². The van der Waals surface area contributed by atoms with E-state index in [0.717, 1.165) is 5.56 Å². The van der Waals surface area contributed by atoms with Crippen molar-refractivity contribution >= 4 is 23.5 Å². The molecule has 0 aliphatic carbocycles. The number of hydrogen-bond acceptors (Lipinski definition) is 4. The van der Waals surface area contributed by atoms with Crippen LogP contribution >= 0.6 is 23.5 Å². The molecule has 0 saturated carbocycles. The summed E-state index contributed by atoms with van der Waals surface area (Å²) in [6.45, 7) is -0.00854. The third kappa shape index (κ3) is 2.45. The van der Waals surface area contributed by atoms with Gasteiger partial charge < -0.3 is 10.8 Å². The molecule has 0 saturated heterocycles. The van der Waals surface area contributed by atoms with Crippen LogP contribution < -0.4 is 5.73 Å². The van der Waals surface area contributed by atoms with Crippen molar-refractivity contribution in [1.29, 1.82) is 0 Å². The minimum Gasteiger partial charge on any atom is -0.394 e. The molecule has 0 bridgehead atoms. The van der Waals surface area contributed by atoms with Crippen LogP contribution in [0.25, 0.3) is 0 Å². The minimum atomic E-state index is -0.274. The second-order valence-corrected chi connectivity index (χ2v) is 4.54. The summed E-state index contributed by atoms with van der Waals surface area (Å²) in [5.74, 6) is 0. The lowest BCUT2D eigenvalue weighted by Crippen LogP contribution is -2.15. The maximum Gasteiger partial charge on any atom is 0.0624 e. The van der Waals surface area contributed by atoms with Gasteiger partial charge in [-0.15, -0.1) is 23.5 Å². The Bertz CT molecular complexity index is 304. The molecule has 1 unspecified atom stereocenters. The molecule has 3 N–H and O–H groups in total. The van der Waals surface area contributed by atoms with Crippen molar-refractivity contribution in [2.45, 2.75) is 15.8 Å². The Hall–Kier alpha value is -0.160. The zero-order valence-electron chi connectivity index (χ0n) is 8.36. The molecule has 0 aliphatic rings. The van der Waals surface area contributed by atoms with E-state index < -0.39 is 0 Å². The molecule has 0 aliphatic heterocycles. The molecule has 1 aromatic rings. The van der Waals surface area contributed by atoms with Crippen molar-refractivity contribution in [1.82, 2.24) is 0 Å². The Balaban J connectivity index is 3.14. The first kappa shape index (κ1) is 11.9. The van der Waals surface area contributed by atoms with Gasteiger partial charge in [-0.1, -0.05) is 12.1 Å². The highest BCUT2D eigenvalue weighted by molar-refractivity contribution is 8.01. The molecule has 0 spiro atoms. The maximum absolute atomic E-state index is 9.03. The van der Waals surface area contributed by atoms with Crippen molar-refractivity contribution in [3.63, 3.8) is 0 Å². The van der Waals surface area contributed by atoms with E-state index >= 15 is 0 Å². The first-order valence-corrected chi connectivity index (χ1v) is 6.76. The van der Waals surface area contributed by atoms with Gasteiger partial charge in [0.15, 0.2) is 0 Å². The molecule has 1 atom stereocenters. The van der Waals surface area contributed by atoms with Gasteiger partial charge >= 0.3 is 0 Å². The second kappa shape index (κ2) is 5.66. The largest absolute Gasteiger partial charge is 0.394 e. The zero-order valence-corrected chi connectivity index (χ0v) is 9.99. The molecule has 0 amide bonds. The number of benzene rings is 1. The molecule has 0 fully saturated rings. The average Bonchev–Trinajstić information content (AvgIpc) is 2.26. The molecule has 14 heavy (non-hydrogen) atoms. The highest BCUT2D eigenvalue weighted by Gasteiger charge is 2.12. The molecule has 1 aromatic carbocycles. The van der Waals surface area contributed by atoms with Crippen molar-refractivity contribution in [3.8, 4) is 0 Å². The molecule has 1 rings (SSSR count). The van der Waals surface area contributed by atoms with E-state index in [-0.39, 0.29) is 12.6 Å². The number of rotatable bonds is 4. The summed E-state index contributed by atoms with van der Waals surface area (Å²) >= 11 is 3.38. The summed E-state index contributed by atoms with van der Waals surface area (Å²) < 4.78 is 0. The molecule has 0 aromatic heterocycles. The number of thioether (sulfide) groups is 2. The summed E-state index contributed by atoms with van der Waals surface area (Å²) in [6.07, 6.45) is 4.08. The summed E-state index contributed by atoms with van der Waals surface area (Å²) in [5, 5.41) is 9.03. The number of aliphatic hydroxyl groups is 1. The SMILES string of the molecule is CSc1cccc(C(N)CO)c1SC. The lowest BCUT2D eigenvalue weighted by Gasteiger charge is -2.15. The third-order valence-corrected chi connectivity index (χ3v) is 3.80. The Morgan fingerprint density at radius 3 is 2.57 bits per heavy atom. The van der Waals surface area contributed by atoms with E-state index in [1.165, 1.54) is 9.79 Å². The molecular weight excluding hydrogens is 214 g/mol. The van der Waals surface area contributed by atoms with Crippen LogP contribution in [-0.2, 0) is 0 Å². The van der Waals surface area contributed by atoms with E-state index in [4.69, 9.17) is 10.8 Å². The lowest BCUT2D eigenvalue weighted by molar-refractivity contribution is 0.266. The third-order valence-electron chi connectivity index (χ3n) is 2.03. The first-order chi connectivity index (χ1) is 6.74. The van der Waals surface area contributed by atoms with Crippen LogP contribution in [0.1, 0.15) is 11.6 Å². The van der Waals surface area contributed by atoms with E-state index in [1.54, 1.807) is 23.5 Å². The monoisotopic (exact) mass is 229 g/mol. The first-order valence-electron chi connectivity index (χ1n) is 4.32. The normalized spacial score (nSPS) is 12.9. The highest BCUT2D eigenvalue weighted by Crippen LogP contribution is 2.33. The predicted molar refractivity (Wildman–Crippen MR) is 64.0 cm³/mol. The second-order valence-electron chi connectivity index (χ2n) is 2.87. The lowest BCUT2D eigenvalue weighted by atomic mass is 10.1. The maximum atomic E-state index is 9.03. The van der Waals surface area contributed by atoms with E-state index in [2.05, 4.69) is 6.07 Å². The van der Waals surface area contributed by atoms with Gasteiger partial charge in [0.1, 0.15) is 0 Å². The van der Waals surface area contributed by atoms with Crippen molar-refractivity contribution in [2.75, 3.05) is 19.1 Å². The van der Waals surface area contributed by atoms with Crippen molar-refractivity contribution in [3.05, 3.63) is 23.8 Å². The minimum absolute atomic E-state index is 0.00854. The molecule has 2 nitrogen and oxygen atoms in total. The summed E-state index contributed by atoms with van der Waals surface area (Å²) in [4.78, 5) is 2.40. The van der Waals surface area contributed by atoms with Crippen LogP contribution in [0, 0.1) is 0 Å². The zero-order chi connectivity index (χ0) is 10.6. The standard InChI is InChI=1S/C10H15NOS2/c1-13-9-5-3-4-7(8(11)6-12)10(9)14-2/h3-5,8,12H,6,11H2,1-2H3. The van der Waals surface area contributed by atoms with Crippen LogP contribution in [-0.4, -0.2) is 24.2 Å². The Morgan fingerprint density at radius 2 is 2.07 bits per heavy atom. The van der Waals surface area contributed by atoms with Crippen LogP contribution in [0.2, 0.25) is 0 Å².